The number of hydrogen-bond acceptors (Lipinski definition) is 2. The largest absolute Gasteiger partial charge is 0.469 e. The molecule has 0 N–H and O–H groups in total. The lowest BCUT2D eigenvalue weighted by molar-refractivity contribution is -0.221. The second kappa shape index (κ2) is 5.93. The van der Waals surface area contributed by atoms with E-state index in [0.29, 0.717) is 30.1 Å². The first kappa shape index (κ1) is 24.6. The van der Waals surface area contributed by atoms with E-state index < -0.39 is 0 Å². The highest BCUT2D eigenvalue weighted by Crippen LogP contribution is 3.08. The van der Waals surface area contributed by atoms with Crippen molar-refractivity contribution in [3.05, 3.63) is 182 Å². The van der Waals surface area contributed by atoms with Gasteiger partial charge in [0.15, 0.2) is 0 Å². The molecule has 258 valence electrons. The Kier molecular flexibility index (Phi) is 2.51. The lowest BCUT2D eigenvalue weighted by atomic mass is 9.03. The fraction of sp³-hybridized carbons (Fsp3) is 0.232. The molecule has 0 aromatic heterocycles. The second-order valence-corrected chi connectivity index (χ2v) is 21.2. The van der Waals surface area contributed by atoms with Gasteiger partial charge in [0.1, 0.15) is 0 Å². The van der Waals surface area contributed by atoms with Crippen molar-refractivity contribution in [1.29, 1.82) is 0 Å². The Morgan fingerprint density at radius 2 is 1.41 bits per heavy atom. The van der Waals surface area contributed by atoms with Crippen molar-refractivity contribution in [3.8, 4) is 0 Å². The number of methoxy groups -OCH3 is 1. The lowest BCUT2D eigenvalue weighted by Gasteiger charge is -2.95. The van der Waals surface area contributed by atoms with Crippen LogP contribution in [0.4, 0.5) is 0 Å². The highest BCUT2D eigenvalue weighted by atomic mass is 16.5. The van der Waals surface area contributed by atoms with Crippen LogP contribution in [0.1, 0.15) is 98.7 Å². The Hall–Kier alpha value is -6.17. The predicted molar refractivity (Wildman–Crippen MR) is 217 cm³/mol. The van der Waals surface area contributed by atoms with Gasteiger partial charge in [-0.3, -0.25) is 4.79 Å². The summed E-state index contributed by atoms with van der Waals surface area (Å²) in [5.74, 6) is 1.64. The molecule has 5 fully saturated rings. The van der Waals surface area contributed by atoms with E-state index in [1.54, 1.807) is 162 Å². The van der Waals surface area contributed by atoms with Crippen LogP contribution in [-0.2, 0) is 20.4 Å². The van der Waals surface area contributed by atoms with Crippen molar-refractivity contribution >= 4 is 61.0 Å². The van der Waals surface area contributed by atoms with Crippen LogP contribution in [0.3, 0.4) is 0 Å². The van der Waals surface area contributed by atoms with Gasteiger partial charge in [-0.1, -0.05) is 42.5 Å². The second-order valence-electron chi connectivity index (χ2n) is 21.2. The standard InChI is InChI=1S/C56H22O2/c1-58-24(57)8-5-9-53(17-6-3-2-4-7-17)54-22-13-20-27-18-11-15-10-16-12-19-29-30-21-14-23(54)50-33(21)46-39(30)42-37(29)31(19)35-26(16)34-25(15)28(18)38-36(27)45-32(20)49(22)56(50,54)55(53)51(45)47-43(38)40(34)41(35)44(42)48(47)52(46)55/h2-4,6-7,10,12,16,26,28,37H,5,8-9,11H2,1H3. The summed E-state index contributed by atoms with van der Waals surface area (Å²) in [6.45, 7) is 0. The minimum atomic E-state index is -0.290. The van der Waals surface area contributed by atoms with Crippen LogP contribution in [0.15, 0.2) is 121 Å². The van der Waals surface area contributed by atoms with Crippen molar-refractivity contribution in [2.75, 3.05) is 7.11 Å². The Balaban J connectivity index is 1.09. The zero-order valence-electron chi connectivity index (χ0n) is 31.0. The summed E-state index contributed by atoms with van der Waals surface area (Å²) < 4.78 is 5.38. The molecule has 0 saturated heterocycles. The van der Waals surface area contributed by atoms with Crippen molar-refractivity contribution in [2.24, 2.45) is 22.7 Å². The summed E-state index contributed by atoms with van der Waals surface area (Å²) in [7, 11) is 1.56. The van der Waals surface area contributed by atoms with Crippen molar-refractivity contribution in [2.45, 2.75) is 48.3 Å². The number of hydrogen-bond donors (Lipinski definition) is 0. The van der Waals surface area contributed by atoms with Gasteiger partial charge in [-0.2, -0.15) is 0 Å². The molecule has 0 heterocycles. The molecule has 5 saturated carbocycles. The Morgan fingerprint density at radius 3 is 2.17 bits per heavy atom. The molecular formula is C56H22O2. The van der Waals surface area contributed by atoms with Crippen molar-refractivity contribution in [1.82, 2.24) is 0 Å². The van der Waals surface area contributed by atoms with E-state index in [-0.39, 0.29) is 27.6 Å². The molecule has 23 rings (SSSR count). The van der Waals surface area contributed by atoms with E-state index in [0.717, 1.165) is 19.3 Å². The number of carbonyl (C=O) groups is 1. The van der Waals surface area contributed by atoms with E-state index >= 15 is 0 Å². The van der Waals surface area contributed by atoms with Crippen LogP contribution in [0.5, 0.6) is 0 Å². The van der Waals surface area contributed by atoms with Crippen LogP contribution in [0.25, 0.3) is 55.0 Å². The molecule has 4 aromatic rings. The Bertz CT molecular complexity index is 4090. The number of benzene rings is 4. The fourth-order valence-electron chi connectivity index (χ4n) is 21.2. The number of allylic oxidation sites excluding steroid dienone is 18. The first-order valence-electron chi connectivity index (χ1n) is 22.0. The van der Waals surface area contributed by atoms with Crippen LogP contribution in [0, 0.1) is 22.7 Å². The molecule has 2 spiro atoms. The van der Waals surface area contributed by atoms with Gasteiger partial charge >= 0.3 is 5.97 Å². The summed E-state index contributed by atoms with van der Waals surface area (Å²) in [6, 6.07) is 11.8. The maximum Gasteiger partial charge on any atom is 0.305 e. The maximum absolute atomic E-state index is 13.2. The van der Waals surface area contributed by atoms with Crippen molar-refractivity contribution < 1.29 is 9.53 Å². The summed E-state index contributed by atoms with van der Waals surface area (Å²) >= 11 is 0. The average molecular weight is 727 g/mol. The van der Waals surface area contributed by atoms with Gasteiger partial charge in [-0.25, -0.2) is 0 Å². The zero-order chi connectivity index (χ0) is 35.8. The van der Waals surface area contributed by atoms with Gasteiger partial charge in [-0.05, 0) is 163 Å². The van der Waals surface area contributed by atoms with Gasteiger partial charge in [0.2, 0.25) is 0 Å². The monoisotopic (exact) mass is 726 g/mol. The van der Waals surface area contributed by atoms with Crippen LogP contribution in [0.2, 0.25) is 0 Å². The molecule has 8 unspecified atom stereocenters. The smallest absolute Gasteiger partial charge is 0.305 e. The lowest BCUT2D eigenvalue weighted by Crippen LogP contribution is -2.96. The van der Waals surface area contributed by atoms with Gasteiger partial charge in [0.05, 0.1) is 17.9 Å². The zero-order valence-corrected chi connectivity index (χ0v) is 31.0. The number of esters is 1. The van der Waals surface area contributed by atoms with Gasteiger partial charge < -0.3 is 4.74 Å². The number of ether oxygens (including phenoxy) is 1. The molecule has 58 heavy (non-hydrogen) atoms. The van der Waals surface area contributed by atoms with Crippen molar-refractivity contribution in [3.63, 3.8) is 0 Å². The molecule has 0 amide bonds. The van der Waals surface area contributed by atoms with E-state index in [2.05, 4.69) is 53.9 Å². The molecule has 8 atom stereocenters. The third-order valence-corrected chi connectivity index (χ3v) is 21.2. The number of fused-ring (bicyclic) bond motifs is 3. The van der Waals surface area contributed by atoms with Gasteiger partial charge in [0, 0.05) is 79.9 Å². The molecule has 2 heteroatoms. The number of carbonyl (C=O) groups excluding carboxylic acids is 1. The third-order valence-electron chi connectivity index (χ3n) is 21.2. The molecule has 0 bridgehead atoms. The minimum Gasteiger partial charge on any atom is -0.469 e. The van der Waals surface area contributed by atoms with Gasteiger partial charge in [0.25, 0.3) is 0 Å². The first-order valence-corrected chi connectivity index (χ1v) is 22.0. The third kappa shape index (κ3) is 1.39. The summed E-state index contributed by atoms with van der Waals surface area (Å²) in [5, 5.41) is 6.70. The Labute approximate surface area is 329 Å². The predicted octanol–water partition coefficient (Wildman–Crippen LogP) is 10.2. The topological polar surface area (TPSA) is 26.3 Å². The normalized spacial score (nSPS) is 39.6. The van der Waals surface area contributed by atoms with E-state index in [9.17, 15) is 4.79 Å². The maximum atomic E-state index is 13.2. The van der Waals surface area contributed by atoms with Gasteiger partial charge in [-0.15, -0.1) is 11.5 Å². The highest BCUT2D eigenvalue weighted by Gasteiger charge is 3.05. The minimum absolute atomic E-state index is 0.0900. The SMILES string of the molecule is COC(=O)CCCC1(c2ccccc2)C23C4=C=C5C6=C7CC8=CC9C=C%10C%11=C%12C%13=C=C2C2=C%13c%13c%12c%12c%14c%15c%16c%17c(c6c6c%18c%17c%14c%13C%181C23C4=C56)C7C8=C%16C9C%15=C%10C%11%12. The molecule has 0 radical (unpaired) electrons. The molecule has 19 aliphatic carbocycles. The summed E-state index contributed by atoms with van der Waals surface area (Å²) in [5.41, 5.74) is 55.4. The highest BCUT2D eigenvalue weighted by molar-refractivity contribution is 6.40. The molecule has 0 aliphatic heterocycles. The quantitative estimate of drug-likeness (QED) is 0.116. The first-order chi connectivity index (χ1) is 28.7. The number of rotatable bonds is 5. The average Bonchev–Trinajstić information content (AvgIpc) is 4.10. The van der Waals surface area contributed by atoms with E-state index in [4.69, 9.17) is 4.74 Å². The molecular weight excluding hydrogens is 705 g/mol. The molecule has 19 aliphatic rings. The summed E-state index contributed by atoms with van der Waals surface area (Å²) in [4.78, 5) is 13.2. The van der Waals surface area contributed by atoms with Crippen LogP contribution in [-0.4, -0.2) is 13.1 Å². The molecule has 2 nitrogen and oxygen atoms in total. The van der Waals surface area contributed by atoms with E-state index in [1.165, 1.54) is 27.9 Å². The summed E-state index contributed by atoms with van der Waals surface area (Å²) in [6.07, 6.45) is 8.85. The van der Waals surface area contributed by atoms with E-state index in [1.807, 2.05) is 0 Å². The Morgan fingerprint density at radius 1 is 0.707 bits per heavy atom. The fourth-order valence-corrected chi connectivity index (χ4v) is 21.2. The molecule has 4 aromatic carbocycles. The van der Waals surface area contributed by atoms with Crippen LogP contribution >= 0.6 is 0 Å². The van der Waals surface area contributed by atoms with Crippen LogP contribution < -0.4 is 0 Å².